The molecule has 2 aliphatic rings. The molecule has 0 saturated carbocycles. The second-order valence-corrected chi connectivity index (χ2v) is 5.14. The van der Waals surface area contributed by atoms with Crippen molar-refractivity contribution in [3.63, 3.8) is 0 Å². The first-order valence-electron chi connectivity index (χ1n) is 6.28. The molecule has 2 heterocycles. The first kappa shape index (κ1) is 10.8. The third-order valence-electron chi connectivity index (χ3n) is 4.00. The predicted molar refractivity (Wildman–Crippen MR) is 66.3 cm³/mol. The molecule has 0 radical (unpaired) electrons. The fraction of sp³-hybridized carbons (Fsp3) is 0.500. The van der Waals surface area contributed by atoms with Crippen LogP contribution in [0.25, 0.3) is 0 Å². The molecule has 2 aliphatic heterocycles. The van der Waals surface area contributed by atoms with E-state index in [1.807, 2.05) is 18.2 Å². The van der Waals surface area contributed by atoms with Gasteiger partial charge in [-0.2, -0.15) is 5.26 Å². The van der Waals surface area contributed by atoms with Gasteiger partial charge < -0.3 is 5.32 Å². The molecular formula is C14H17N3. The smallest absolute Gasteiger partial charge is 0.0995 e. The molecule has 1 aromatic rings. The Bertz CT molecular complexity index is 437. The summed E-state index contributed by atoms with van der Waals surface area (Å²) >= 11 is 0. The number of nitriles is 1. The van der Waals surface area contributed by atoms with E-state index in [1.54, 1.807) is 0 Å². The molecule has 88 valence electrons. The van der Waals surface area contributed by atoms with Crippen LogP contribution in [0.5, 0.6) is 0 Å². The summed E-state index contributed by atoms with van der Waals surface area (Å²) in [5.41, 5.74) is 1.99. The standard InChI is InChI=1S/C14H17N3/c15-5-11-3-1-2-4-12(11)8-17-9-13-6-16-7-14(13)10-17/h1-4,13-14,16H,6-10H2. The van der Waals surface area contributed by atoms with Gasteiger partial charge in [0.2, 0.25) is 0 Å². The highest BCUT2D eigenvalue weighted by Crippen LogP contribution is 2.27. The van der Waals surface area contributed by atoms with Crippen LogP contribution in [0, 0.1) is 23.2 Å². The van der Waals surface area contributed by atoms with Crippen molar-refractivity contribution in [2.75, 3.05) is 26.2 Å². The van der Waals surface area contributed by atoms with Crippen molar-refractivity contribution in [1.29, 1.82) is 5.26 Å². The van der Waals surface area contributed by atoms with Gasteiger partial charge in [-0.15, -0.1) is 0 Å². The monoisotopic (exact) mass is 227 g/mol. The largest absolute Gasteiger partial charge is 0.316 e. The highest BCUT2D eigenvalue weighted by atomic mass is 15.2. The SMILES string of the molecule is N#Cc1ccccc1CN1CC2CNCC2C1. The predicted octanol–water partition coefficient (Wildman–Crippen LogP) is 1.21. The quantitative estimate of drug-likeness (QED) is 0.825. The van der Waals surface area contributed by atoms with Gasteiger partial charge in [0, 0.05) is 19.6 Å². The lowest BCUT2D eigenvalue weighted by atomic mass is 10.0. The lowest BCUT2D eigenvalue weighted by Crippen LogP contribution is -2.25. The first-order chi connectivity index (χ1) is 8.36. The maximum absolute atomic E-state index is 9.08. The summed E-state index contributed by atoms with van der Waals surface area (Å²) in [7, 11) is 0. The highest BCUT2D eigenvalue weighted by Gasteiger charge is 2.35. The zero-order chi connectivity index (χ0) is 11.7. The molecule has 17 heavy (non-hydrogen) atoms. The second-order valence-electron chi connectivity index (χ2n) is 5.14. The van der Waals surface area contributed by atoms with Gasteiger partial charge in [-0.3, -0.25) is 4.90 Å². The number of fused-ring (bicyclic) bond motifs is 1. The van der Waals surface area contributed by atoms with E-state index in [2.05, 4.69) is 22.4 Å². The van der Waals surface area contributed by atoms with Crippen LogP contribution in [0.4, 0.5) is 0 Å². The van der Waals surface area contributed by atoms with Crippen molar-refractivity contribution < 1.29 is 0 Å². The minimum Gasteiger partial charge on any atom is -0.316 e. The number of hydrogen-bond donors (Lipinski definition) is 1. The Kier molecular flexibility index (Phi) is 2.84. The molecule has 3 nitrogen and oxygen atoms in total. The van der Waals surface area contributed by atoms with E-state index >= 15 is 0 Å². The van der Waals surface area contributed by atoms with Crippen LogP contribution < -0.4 is 5.32 Å². The molecule has 3 heteroatoms. The van der Waals surface area contributed by atoms with Gasteiger partial charge in [-0.25, -0.2) is 0 Å². The number of nitrogens with zero attached hydrogens (tertiary/aromatic N) is 2. The fourth-order valence-electron chi connectivity index (χ4n) is 3.09. The van der Waals surface area contributed by atoms with Crippen LogP contribution in [0.3, 0.4) is 0 Å². The number of nitrogens with one attached hydrogen (secondary N) is 1. The summed E-state index contributed by atoms with van der Waals surface area (Å²) in [4.78, 5) is 2.49. The third kappa shape index (κ3) is 2.06. The summed E-state index contributed by atoms with van der Waals surface area (Å²) < 4.78 is 0. The van der Waals surface area contributed by atoms with Crippen LogP contribution in [-0.4, -0.2) is 31.1 Å². The van der Waals surface area contributed by atoms with Crippen molar-refractivity contribution in [1.82, 2.24) is 10.2 Å². The Morgan fingerprint density at radius 3 is 2.65 bits per heavy atom. The molecule has 2 saturated heterocycles. The van der Waals surface area contributed by atoms with E-state index in [-0.39, 0.29) is 0 Å². The van der Waals surface area contributed by atoms with Crippen LogP contribution in [0.15, 0.2) is 24.3 Å². The molecule has 0 bridgehead atoms. The van der Waals surface area contributed by atoms with E-state index in [1.165, 1.54) is 31.7 Å². The normalized spacial score (nSPS) is 27.9. The maximum Gasteiger partial charge on any atom is 0.0995 e. The van der Waals surface area contributed by atoms with Gasteiger partial charge in [-0.05, 0) is 36.6 Å². The summed E-state index contributed by atoms with van der Waals surface area (Å²) in [6.07, 6.45) is 0. The van der Waals surface area contributed by atoms with Crippen molar-refractivity contribution in [3.8, 4) is 6.07 Å². The van der Waals surface area contributed by atoms with Gasteiger partial charge in [-0.1, -0.05) is 18.2 Å². The fourth-order valence-corrected chi connectivity index (χ4v) is 3.09. The van der Waals surface area contributed by atoms with Crippen molar-refractivity contribution in [3.05, 3.63) is 35.4 Å². The molecule has 2 unspecified atom stereocenters. The first-order valence-corrected chi connectivity index (χ1v) is 6.28. The van der Waals surface area contributed by atoms with Crippen LogP contribution >= 0.6 is 0 Å². The zero-order valence-electron chi connectivity index (χ0n) is 9.89. The van der Waals surface area contributed by atoms with E-state index in [9.17, 15) is 0 Å². The highest BCUT2D eigenvalue weighted by molar-refractivity contribution is 5.37. The minimum atomic E-state index is 0.822. The molecule has 2 atom stereocenters. The molecular weight excluding hydrogens is 210 g/mol. The lowest BCUT2D eigenvalue weighted by Gasteiger charge is -2.17. The molecule has 0 aromatic heterocycles. The molecule has 0 spiro atoms. The number of rotatable bonds is 2. The lowest BCUT2D eigenvalue weighted by molar-refractivity contribution is 0.305. The van der Waals surface area contributed by atoms with Crippen LogP contribution in [-0.2, 0) is 6.54 Å². The Hall–Kier alpha value is -1.37. The number of likely N-dealkylation sites (tertiary alicyclic amines) is 1. The van der Waals surface area contributed by atoms with Crippen molar-refractivity contribution in [2.45, 2.75) is 6.54 Å². The van der Waals surface area contributed by atoms with Gasteiger partial charge in [0.15, 0.2) is 0 Å². The molecule has 3 rings (SSSR count). The van der Waals surface area contributed by atoms with E-state index in [0.717, 1.165) is 23.9 Å². The minimum absolute atomic E-state index is 0.822. The number of hydrogen-bond acceptors (Lipinski definition) is 3. The summed E-state index contributed by atoms with van der Waals surface area (Å²) in [5, 5.41) is 12.5. The summed E-state index contributed by atoms with van der Waals surface area (Å²) in [6, 6.07) is 10.2. The summed E-state index contributed by atoms with van der Waals surface area (Å²) in [5.74, 6) is 1.65. The van der Waals surface area contributed by atoms with Crippen molar-refractivity contribution >= 4 is 0 Å². The Morgan fingerprint density at radius 1 is 1.24 bits per heavy atom. The second kappa shape index (κ2) is 4.48. The topological polar surface area (TPSA) is 39.1 Å². The van der Waals surface area contributed by atoms with Gasteiger partial charge in [0.25, 0.3) is 0 Å². The molecule has 2 fully saturated rings. The average molecular weight is 227 g/mol. The number of benzene rings is 1. The van der Waals surface area contributed by atoms with Crippen molar-refractivity contribution in [2.24, 2.45) is 11.8 Å². The molecule has 1 N–H and O–H groups in total. The Morgan fingerprint density at radius 2 is 1.94 bits per heavy atom. The van der Waals surface area contributed by atoms with E-state index in [0.29, 0.717) is 0 Å². The molecule has 0 aliphatic carbocycles. The maximum atomic E-state index is 9.08. The molecule has 1 aromatic carbocycles. The zero-order valence-corrected chi connectivity index (χ0v) is 9.89. The van der Waals surface area contributed by atoms with Gasteiger partial charge in [0.05, 0.1) is 11.6 Å². The van der Waals surface area contributed by atoms with Crippen LogP contribution in [0.2, 0.25) is 0 Å². The van der Waals surface area contributed by atoms with Gasteiger partial charge >= 0.3 is 0 Å². The third-order valence-corrected chi connectivity index (χ3v) is 4.00. The Labute approximate surface area is 102 Å². The Balaban J connectivity index is 1.70. The van der Waals surface area contributed by atoms with Gasteiger partial charge in [0.1, 0.15) is 0 Å². The van der Waals surface area contributed by atoms with E-state index in [4.69, 9.17) is 5.26 Å². The van der Waals surface area contributed by atoms with E-state index < -0.39 is 0 Å². The summed E-state index contributed by atoms with van der Waals surface area (Å²) in [6.45, 7) is 5.62. The molecule has 0 amide bonds. The average Bonchev–Trinajstić information content (AvgIpc) is 2.90. The van der Waals surface area contributed by atoms with Crippen LogP contribution in [0.1, 0.15) is 11.1 Å².